The van der Waals surface area contributed by atoms with Gasteiger partial charge in [0.05, 0.1) is 6.21 Å². The van der Waals surface area contributed by atoms with Crippen molar-refractivity contribution in [3.63, 3.8) is 0 Å². The van der Waals surface area contributed by atoms with E-state index in [1.54, 1.807) is 6.21 Å². The molecule has 4 nitrogen and oxygen atoms in total. The minimum absolute atomic E-state index is 0.520. The Labute approximate surface area is 106 Å². The first-order valence-electron chi connectivity index (χ1n) is 5.87. The number of rotatable bonds is 4. The molecule has 1 fully saturated rings. The van der Waals surface area contributed by atoms with Gasteiger partial charge in [-0.1, -0.05) is 6.92 Å². The molecule has 0 radical (unpaired) electrons. The molecule has 1 aliphatic rings. The van der Waals surface area contributed by atoms with E-state index in [1.807, 2.05) is 19.1 Å². The molecule has 2 atom stereocenters. The first-order chi connectivity index (χ1) is 8.20. The van der Waals surface area contributed by atoms with Crippen molar-refractivity contribution in [2.24, 2.45) is 11.0 Å². The fourth-order valence-electron chi connectivity index (χ4n) is 1.71. The molecule has 0 amide bonds. The molecule has 0 aromatic carbocycles. The van der Waals surface area contributed by atoms with E-state index < -0.39 is 0 Å². The molecular weight excluding hydrogens is 234 g/mol. The SMILES string of the molecule is CCNC(=S)N/N=C\c1ccc([C@@H]2C[C@H]2C)o1. The smallest absolute Gasteiger partial charge is 0.186 e. The summed E-state index contributed by atoms with van der Waals surface area (Å²) in [6.07, 6.45) is 2.87. The molecule has 1 aliphatic carbocycles. The summed E-state index contributed by atoms with van der Waals surface area (Å²) < 4.78 is 5.67. The number of nitrogens with zero attached hydrogens (tertiary/aromatic N) is 1. The molecule has 0 spiro atoms. The molecule has 17 heavy (non-hydrogen) atoms. The number of hydrazone groups is 1. The zero-order valence-electron chi connectivity index (χ0n) is 10.1. The van der Waals surface area contributed by atoms with Gasteiger partial charge in [0.2, 0.25) is 0 Å². The lowest BCUT2D eigenvalue weighted by Crippen LogP contribution is -2.31. The largest absolute Gasteiger partial charge is 0.460 e. The second-order valence-corrected chi connectivity index (χ2v) is 4.70. The summed E-state index contributed by atoms with van der Waals surface area (Å²) in [4.78, 5) is 0. The average molecular weight is 251 g/mol. The van der Waals surface area contributed by atoms with Gasteiger partial charge < -0.3 is 9.73 Å². The van der Waals surface area contributed by atoms with Crippen LogP contribution in [-0.4, -0.2) is 17.9 Å². The van der Waals surface area contributed by atoms with Gasteiger partial charge >= 0.3 is 0 Å². The van der Waals surface area contributed by atoms with E-state index >= 15 is 0 Å². The molecule has 0 unspecified atom stereocenters. The van der Waals surface area contributed by atoms with E-state index in [1.165, 1.54) is 6.42 Å². The molecule has 92 valence electrons. The number of furan rings is 1. The monoisotopic (exact) mass is 251 g/mol. The maximum absolute atomic E-state index is 5.67. The maximum atomic E-state index is 5.67. The van der Waals surface area contributed by atoms with E-state index in [-0.39, 0.29) is 0 Å². The van der Waals surface area contributed by atoms with E-state index in [2.05, 4.69) is 22.8 Å². The second-order valence-electron chi connectivity index (χ2n) is 4.29. The van der Waals surface area contributed by atoms with Crippen LogP contribution in [0.1, 0.15) is 37.7 Å². The molecule has 2 rings (SSSR count). The molecule has 1 saturated carbocycles. The van der Waals surface area contributed by atoms with Crippen LogP contribution < -0.4 is 10.7 Å². The Morgan fingerprint density at radius 2 is 2.41 bits per heavy atom. The molecular formula is C12H17N3OS. The third kappa shape index (κ3) is 3.30. The summed E-state index contributed by atoms with van der Waals surface area (Å²) >= 11 is 4.97. The quantitative estimate of drug-likeness (QED) is 0.489. The Hall–Kier alpha value is -1.36. The lowest BCUT2D eigenvalue weighted by Gasteiger charge is -2.01. The zero-order valence-corrected chi connectivity index (χ0v) is 10.9. The summed E-state index contributed by atoms with van der Waals surface area (Å²) in [5.74, 6) is 3.18. The molecule has 2 N–H and O–H groups in total. The van der Waals surface area contributed by atoms with E-state index in [0.29, 0.717) is 11.0 Å². The van der Waals surface area contributed by atoms with Crippen LogP contribution in [0.5, 0.6) is 0 Å². The third-order valence-corrected chi connectivity index (χ3v) is 3.05. The highest BCUT2D eigenvalue weighted by atomic mass is 32.1. The van der Waals surface area contributed by atoms with Crippen molar-refractivity contribution >= 4 is 23.5 Å². The Morgan fingerprint density at radius 1 is 1.65 bits per heavy atom. The Bertz CT molecular complexity index is 427. The Balaban J connectivity index is 1.84. The molecule has 1 aromatic heterocycles. The summed E-state index contributed by atoms with van der Waals surface area (Å²) in [7, 11) is 0. The van der Waals surface area contributed by atoms with Crippen molar-refractivity contribution < 1.29 is 4.42 Å². The number of nitrogens with one attached hydrogen (secondary N) is 2. The highest BCUT2D eigenvalue weighted by Crippen LogP contribution is 2.47. The van der Waals surface area contributed by atoms with Gasteiger partial charge in [0, 0.05) is 12.5 Å². The maximum Gasteiger partial charge on any atom is 0.186 e. The lowest BCUT2D eigenvalue weighted by molar-refractivity contribution is 0.500. The van der Waals surface area contributed by atoms with Crippen LogP contribution >= 0.6 is 12.2 Å². The van der Waals surface area contributed by atoms with Crippen LogP contribution in [-0.2, 0) is 0 Å². The fraction of sp³-hybridized carbons (Fsp3) is 0.500. The van der Waals surface area contributed by atoms with Gasteiger partial charge in [0.1, 0.15) is 11.5 Å². The first-order valence-corrected chi connectivity index (χ1v) is 6.28. The van der Waals surface area contributed by atoms with Crippen LogP contribution in [0.4, 0.5) is 0 Å². The minimum Gasteiger partial charge on any atom is -0.460 e. The Morgan fingerprint density at radius 3 is 3.06 bits per heavy atom. The molecule has 0 saturated heterocycles. The van der Waals surface area contributed by atoms with E-state index in [9.17, 15) is 0 Å². The zero-order chi connectivity index (χ0) is 12.3. The topological polar surface area (TPSA) is 49.6 Å². The van der Waals surface area contributed by atoms with Gasteiger partial charge in [-0.05, 0) is 43.6 Å². The van der Waals surface area contributed by atoms with Crippen LogP contribution in [0, 0.1) is 5.92 Å². The minimum atomic E-state index is 0.520. The predicted molar refractivity (Wildman–Crippen MR) is 72.2 cm³/mol. The van der Waals surface area contributed by atoms with Crippen LogP contribution in [0.2, 0.25) is 0 Å². The summed E-state index contributed by atoms with van der Waals surface area (Å²) in [6.45, 7) is 5.00. The van der Waals surface area contributed by atoms with Crippen LogP contribution in [0.15, 0.2) is 21.7 Å². The van der Waals surface area contributed by atoms with Crippen molar-refractivity contribution in [3.05, 3.63) is 23.7 Å². The van der Waals surface area contributed by atoms with Gasteiger partial charge in [-0.25, -0.2) is 0 Å². The predicted octanol–water partition coefficient (Wildman–Crippen LogP) is 2.22. The molecule has 1 heterocycles. The van der Waals surface area contributed by atoms with Crippen molar-refractivity contribution in [1.29, 1.82) is 0 Å². The Kier molecular flexibility index (Phi) is 3.78. The molecule has 5 heteroatoms. The van der Waals surface area contributed by atoms with Crippen molar-refractivity contribution in [1.82, 2.24) is 10.7 Å². The van der Waals surface area contributed by atoms with Crippen LogP contribution in [0.25, 0.3) is 0 Å². The second kappa shape index (κ2) is 5.31. The van der Waals surface area contributed by atoms with Crippen molar-refractivity contribution in [2.75, 3.05) is 6.54 Å². The fourth-order valence-corrected chi connectivity index (χ4v) is 1.91. The average Bonchev–Trinajstić information content (AvgIpc) is 2.84. The standard InChI is InChI=1S/C12H17N3OS/c1-3-13-12(17)15-14-7-9-4-5-11(16-9)10-6-8(10)2/h4-5,7-8,10H,3,6H2,1-2H3,(H2,13,15,17)/b14-7-/t8-,10-/m1/s1. The van der Waals surface area contributed by atoms with Gasteiger partial charge in [0.15, 0.2) is 5.11 Å². The van der Waals surface area contributed by atoms with Crippen LogP contribution in [0.3, 0.4) is 0 Å². The third-order valence-electron chi connectivity index (χ3n) is 2.82. The summed E-state index contributed by atoms with van der Waals surface area (Å²) in [5.41, 5.74) is 2.72. The number of thiocarbonyl (C=S) groups is 1. The van der Waals surface area contributed by atoms with Gasteiger partial charge in [-0.2, -0.15) is 5.10 Å². The van der Waals surface area contributed by atoms with Gasteiger partial charge in [0.25, 0.3) is 0 Å². The van der Waals surface area contributed by atoms with Crippen molar-refractivity contribution in [3.8, 4) is 0 Å². The number of hydrogen-bond donors (Lipinski definition) is 2. The summed E-state index contributed by atoms with van der Waals surface area (Å²) in [5, 5.41) is 7.47. The first kappa shape index (κ1) is 12.1. The highest BCUT2D eigenvalue weighted by molar-refractivity contribution is 7.80. The summed E-state index contributed by atoms with van der Waals surface area (Å²) in [6, 6.07) is 3.96. The number of hydrogen-bond acceptors (Lipinski definition) is 3. The molecule has 0 aliphatic heterocycles. The van der Waals surface area contributed by atoms with E-state index in [4.69, 9.17) is 16.6 Å². The molecule has 0 bridgehead atoms. The van der Waals surface area contributed by atoms with Crippen molar-refractivity contribution in [2.45, 2.75) is 26.2 Å². The molecule has 1 aromatic rings. The normalized spacial score (nSPS) is 22.7. The lowest BCUT2D eigenvalue weighted by atomic mass is 10.3. The highest BCUT2D eigenvalue weighted by Gasteiger charge is 2.36. The van der Waals surface area contributed by atoms with Gasteiger partial charge in [-0.15, -0.1) is 0 Å². The van der Waals surface area contributed by atoms with E-state index in [0.717, 1.165) is 24.0 Å². The van der Waals surface area contributed by atoms with Gasteiger partial charge in [-0.3, -0.25) is 5.43 Å².